The Kier molecular flexibility index (Phi) is 8.03. The zero-order valence-corrected chi connectivity index (χ0v) is 13.2. The Labute approximate surface area is 135 Å². The Morgan fingerprint density at radius 2 is 2.05 bits per heavy atom. The van der Waals surface area contributed by atoms with Crippen molar-refractivity contribution >= 4 is 23.5 Å². The zero-order chi connectivity index (χ0) is 16.4. The molecular formula is C15H20ClN3O3. The minimum Gasteiger partial charge on any atom is -0.492 e. The van der Waals surface area contributed by atoms with E-state index in [0.717, 1.165) is 0 Å². The Hall–Kier alpha value is -2.05. The lowest BCUT2D eigenvalue weighted by atomic mass is 10.3. The Bertz CT molecular complexity index is 505. The fourth-order valence-corrected chi connectivity index (χ4v) is 1.68. The molecule has 0 fully saturated rings. The highest BCUT2D eigenvalue weighted by molar-refractivity contribution is 6.30. The molecule has 0 aliphatic rings. The third-order valence-electron chi connectivity index (χ3n) is 2.63. The number of rotatable bonds is 8. The summed E-state index contributed by atoms with van der Waals surface area (Å²) in [5, 5.41) is 5.34. The van der Waals surface area contributed by atoms with Crippen molar-refractivity contribution in [1.29, 1.82) is 0 Å². The highest BCUT2D eigenvalue weighted by atomic mass is 35.5. The fourth-order valence-electron chi connectivity index (χ4n) is 1.55. The van der Waals surface area contributed by atoms with Crippen molar-refractivity contribution in [3.8, 4) is 5.75 Å². The number of nitrogens with one attached hydrogen (secondary N) is 2. The van der Waals surface area contributed by atoms with Crippen LogP contribution in [0.3, 0.4) is 0 Å². The van der Waals surface area contributed by atoms with Gasteiger partial charge in [0, 0.05) is 18.1 Å². The number of hydrogen-bond donors (Lipinski definition) is 2. The second-order valence-corrected chi connectivity index (χ2v) is 5.02. The molecule has 0 saturated heterocycles. The van der Waals surface area contributed by atoms with Gasteiger partial charge in [-0.1, -0.05) is 17.7 Å². The number of likely N-dealkylation sites (N-methyl/N-ethyl adjacent to an activating group) is 1. The van der Waals surface area contributed by atoms with Gasteiger partial charge in [-0.3, -0.25) is 15.0 Å². The topological polar surface area (TPSA) is 70.7 Å². The maximum atomic E-state index is 11.6. The minimum absolute atomic E-state index is 0.103. The van der Waals surface area contributed by atoms with Crippen LogP contribution in [-0.4, -0.2) is 50.1 Å². The van der Waals surface area contributed by atoms with E-state index in [-0.39, 0.29) is 12.5 Å². The fraction of sp³-hybridized carbons (Fsp3) is 0.333. The van der Waals surface area contributed by atoms with Crippen molar-refractivity contribution in [2.24, 2.45) is 0 Å². The lowest BCUT2D eigenvalue weighted by Gasteiger charge is -2.16. The normalized spacial score (nSPS) is 10.1. The Morgan fingerprint density at radius 1 is 1.36 bits per heavy atom. The molecule has 3 amide bonds. The van der Waals surface area contributed by atoms with Gasteiger partial charge in [0.1, 0.15) is 12.4 Å². The van der Waals surface area contributed by atoms with E-state index in [1.807, 2.05) is 0 Å². The van der Waals surface area contributed by atoms with Crippen LogP contribution in [0.2, 0.25) is 5.02 Å². The van der Waals surface area contributed by atoms with Crippen molar-refractivity contribution in [2.45, 2.75) is 0 Å². The number of halogens is 1. The second kappa shape index (κ2) is 9.81. The van der Waals surface area contributed by atoms with Gasteiger partial charge in [0.05, 0.1) is 6.54 Å². The molecule has 1 aromatic rings. The molecule has 120 valence electrons. The zero-order valence-electron chi connectivity index (χ0n) is 12.5. The lowest BCUT2D eigenvalue weighted by molar-refractivity contribution is -0.120. The highest BCUT2D eigenvalue weighted by Gasteiger charge is 2.09. The van der Waals surface area contributed by atoms with Crippen LogP contribution in [0.15, 0.2) is 36.9 Å². The number of hydrogen-bond acceptors (Lipinski definition) is 4. The molecule has 2 N–H and O–H groups in total. The summed E-state index contributed by atoms with van der Waals surface area (Å²) >= 11 is 5.78. The number of nitrogens with zero attached hydrogens (tertiary/aromatic N) is 1. The van der Waals surface area contributed by atoms with Gasteiger partial charge in [0.15, 0.2) is 0 Å². The summed E-state index contributed by atoms with van der Waals surface area (Å²) < 4.78 is 5.53. The summed E-state index contributed by atoms with van der Waals surface area (Å²) in [6.07, 6.45) is 1.53. The van der Waals surface area contributed by atoms with Gasteiger partial charge in [-0.25, -0.2) is 4.79 Å². The molecule has 0 unspecified atom stereocenters. The van der Waals surface area contributed by atoms with Crippen LogP contribution in [0.5, 0.6) is 5.75 Å². The number of carbonyl (C=O) groups is 2. The molecule has 0 spiro atoms. The SMILES string of the molecule is C=CCNC(=O)NC(=O)CN(C)CCOc1ccc(Cl)cc1. The third-order valence-corrected chi connectivity index (χ3v) is 2.88. The standard InChI is InChI=1S/C15H20ClN3O3/c1-3-8-17-15(21)18-14(20)11-19(2)9-10-22-13-6-4-12(16)5-7-13/h3-7H,1,8-11H2,2H3,(H2,17,18,20,21). The molecule has 1 rings (SSSR count). The molecule has 0 bridgehead atoms. The van der Waals surface area contributed by atoms with E-state index in [0.29, 0.717) is 30.5 Å². The van der Waals surface area contributed by atoms with E-state index in [2.05, 4.69) is 17.2 Å². The largest absolute Gasteiger partial charge is 0.492 e. The monoisotopic (exact) mass is 325 g/mol. The maximum Gasteiger partial charge on any atom is 0.321 e. The first-order chi connectivity index (χ1) is 10.5. The molecular weight excluding hydrogens is 306 g/mol. The Balaban J connectivity index is 2.20. The molecule has 0 saturated carbocycles. The molecule has 0 atom stereocenters. The summed E-state index contributed by atoms with van der Waals surface area (Å²) in [5.41, 5.74) is 0. The molecule has 6 nitrogen and oxygen atoms in total. The van der Waals surface area contributed by atoms with Crippen LogP contribution >= 0.6 is 11.6 Å². The van der Waals surface area contributed by atoms with Crippen LogP contribution in [0.25, 0.3) is 0 Å². The van der Waals surface area contributed by atoms with E-state index in [1.165, 1.54) is 6.08 Å². The minimum atomic E-state index is -0.532. The lowest BCUT2D eigenvalue weighted by Crippen LogP contribution is -2.44. The van der Waals surface area contributed by atoms with Crippen LogP contribution < -0.4 is 15.4 Å². The van der Waals surface area contributed by atoms with Gasteiger partial charge < -0.3 is 10.1 Å². The van der Waals surface area contributed by atoms with Gasteiger partial charge in [0.25, 0.3) is 0 Å². The quantitative estimate of drug-likeness (QED) is 0.713. The molecule has 7 heteroatoms. The van der Waals surface area contributed by atoms with Crippen LogP contribution in [0.1, 0.15) is 0 Å². The van der Waals surface area contributed by atoms with Crippen LogP contribution in [0, 0.1) is 0 Å². The maximum absolute atomic E-state index is 11.6. The van der Waals surface area contributed by atoms with Crippen molar-refractivity contribution in [3.05, 3.63) is 41.9 Å². The molecule has 0 radical (unpaired) electrons. The van der Waals surface area contributed by atoms with E-state index >= 15 is 0 Å². The van der Waals surface area contributed by atoms with Crippen molar-refractivity contribution < 1.29 is 14.3 Å². The van der Waals surface area contributed by atoms with E-state index in [1.54, 1.807) is 36.2 Å². The number of benzene rings is 1. The predicted octanol–water partition coefficient (Wildman–Crippen LogP) is 1.66. The van der Waals surface area contributed by atoms with E-state index in [9.17, 15) is 9.59 Å². The number of imide groups is 1. The first-order valence-electron chi connectivity index (χ1n) is 6.76. The van der Waals surface area contributed by atoms with E-state index < -0.39 is 6.03 Å². The molecule has 0 aromatic heterocycles. The van der Waals surface area contributed by atoms with Gasteiger partial charge >= 0.3 is 6.03 Å². The number of carbonyl (C=O) groups excluding carboxylic acids is 2. The summed E-state index contributed by atoms with van der Waals surface area (Å²) in [6, 6.07) is 6.51. The molecule has 22 heavy (non-hydrogen) atoms. The van der Waals surface area contributed by atoms with Gasteiger partial charge in [-0.2, -0.15) is 0 Å². The highest BCUT2D eigenvalue weighted by Crippen LogP contribution is 2.15. The molecule has 1 aromatic carbocycles. The summed E-state index contributed by atoms with van der Waals surface area (Å²) in [4.78, 5) is 24.6. The van der Waals surface area contributed by atoms with Gasteiger partial charge in [-0.05, 0) is 31.3 Å². The first-order valence-corrected chi connectivity index (χ1v) is 7.14. The molecule has 0 aliphatic heterocycles. The number of urea groups is 1. The molecule has 0 heterocycles. The Morgan fingerprint density at radius 3 is 2.68 bits per heavy atom. The smallest absolute Gasteiger partial charge is 0.321 e. The van der Waals surface area contributed by atoms with Crippen molar-refractivity contribution in [2.75, 3.05) is 33.3 Å². The average Bonchev–Trinajstić information content (AvgIpc) is 2.47. The number of amides is 3. The third kappa shape index (κ3) is 7.66. The van der Waals surface area contributed by atoms with Crippen molar-refractivity contribution in [1.82, 2.24) is 15.5 Å². The summed E-state index contributed by atoms with van der Waals surface area (Å²) in [6.45, 7) is 4.85. The van der Waals surface area contributed by atoms with Crippen LogP contribution in [0.4, 0.5) is 4.79 Å². The van der Waals surface area contributed by atoms with Gasteiger partial charge in [-0.15, -0.1) is 6.58 Å². The second-order valence-electron chi connectivity index (χ2n) is 4.59. The van der Waals surface area contributed by atoms with E-state index in [4.69, 9.17) is 16.3 Å². The van der Waals surface area contributed by atoms with Crippen molar-refractivity contribution in [3.63, 3.8) is 0 Å². The number of ether oxygens (including phenoxy) is 1. The van der Waals surface area contributed by atoms with Crippen LogP contribution in [-0.2, 0) is 4.79 Å². The predicted molar refractivity (Wildman–Crippen MR) is 86.2 cm³/mol. The summed E-state index contributed by atoms with van der Waals surface area (Å²) in [7, 11) is 1.77. The average molecular weight is 326 g/mol. The van der Waals surface area contributed by atoms with Gasteiger partial charge in [0.2, 0.25) is 5.91 Å². The molecule has 0 aliphatic carbocycles. The summed E-state index contributed by atoms with van der Waals surface area (Å²) in [5.74, 6) is 0.335. The first kappa shape index (κ1) is 18.0.